The van der Waals surface area contributed by atoms with Crippen LogP contribution in [0.1, 0.15) is 12.5 Å². The zero-order valence-electron chi connectivity index (χ0n) is 15.9. The molecule has 0 fully saturated rings. The van der Waals surface area contributed by atoms with E-state index in [1.807, 2.05) is 12.1 Å². The second kappa shape index (κ2) is 9.34. The third kappa shape index (κ3) is 6.07. The van der Waals surface area contributed by atoms with Gasteiger partial charge in [0.2, 0.25) is 21.8 Å². The summed E-state index contributed by atoms with van der Waals surface area (Å²) in [4.78, 5) is 24.7. The minimum absolute atomic E-state index is 0.00668. The van der Waals surface area contributed by atoms with Crippen LogP contribution in [0.4, 0.5) is 5.69 Å². The largest absolute Gasteiger partial charge is 0.497 e. The number of anilines is 1. The van der Waals surface area contributed by atoms with Gasteiger partial charge in [-0.2, -0.15) is 0 Å². The first-order chi connectivity index (χ1) is 13.2. The smallest absolute Gasteiger partial charge is 0.241 e. The van der Waals surface area contributed by atoms with Crippen molar-refractivity contribution in [1.82, 2.24) is 9.62 Å². The van der Waals surface area contributed by atoms with E-state index in [0.29, 0.717) is 12.2 Å². The summed E-state index contributed by atoms with van der Waals surface area (Å²) in [5.74, 6) is 0.100. The summed E-state index contributed by atoms with van der Waals surface area (Å²) < 4.78 is 32.1. The van der Waals surface area contributed by atoms with Gasteiger partial charge in [0, 0.05) is 26.2 Å². The van der Waals surface area contributed by atoms with E-state index in [1.54, 1.807) is 26.3 Å². The molecular formula is C19H23N3O5S. The second-order valence-corrected chi connectivity index (χ2v) is 7.89. The molecular weight excluding hydrogens is 382 g/mol. The lowest BCUT2D eigenvalue weighted by molar-refractivity contribution is -0.129. The minimum Gasteiger partial charge on any atom is -0.497 e. The van der Waals surface area contributed by atoms with Crippen molar-refractivity contribution in [2.24, 2.45) is 0 Å². The van der Waals surface area contributed by atoms with Gasteiger partial charge >= 0.3 is 0 Å². The van der Waals surface area contributed by atoms with E-state index in [4.69, 9.17) is 4.74 Å². The number of rotatable bonds is 8. The van der Waals surface area contributed by atoms with E-state index in [0.717, 1.165) is 11.3 Å². The molecule has 0 atom stereocenters. The van der Waals surface area contributed by atoms with Gasteiger partial charge in [-0.3, -0.25) is 9.59 Å². The molecule has 0 bridgehead atoms. The number of hydrogen-bond acceptors (Lipinski definition) is 5. The van der Waals surface area contributed by atoms with Crippen molar-refractivity contribution < 1.29 is 22.7 Å². The van der Waals surface area contributed by atoms with Crippen LogP contribution in [0.25, 0.3) is 0 Å². The predicted octanol–water partition coefficient (Wildman–Crippen LogP) is 1.59. The molecule has 8 nitrogen and oxygen atoms in total. The quantitative estimate of drug-likeness (QED) is 0.694. The summed E-state index contributed by atoms with van der Waals surface area (Å²) >= 11 is 0. The van der Waals surface area contributed by atoms with Crippen molar-refractivity contribution in [2.45, 2.75) is 18.4 Å². The lowest BCUT2D eigenvalue weighted by Crippen LogP contribution is -2.37. The normalized spacial score (nSPS) is 11.0. The van der Waals surface area contributed by atoms with E-state index in [1.165, 1.54) is 36.1 Å². The van der Waals surface area contributed by atoms with Gasteiger partial charge in [-0.05, 0) is 42.0 Å². The van der Waals surface area contributed by atoms with Gasteiger partial charge in [0.05, 0.1) is 18.6 Å². The lowest BCUT2D eigenvalue weighted by Gasteiger charge is -2.18. The van der Waals surface area contributed by atoms with Crippen molar-refractivity contribution in [3.05, 3.63) is 54.1 Å². The van der Waals surface area contributed by atoms with Crippen LogP contribution < -0.4 is 14.8 Å². The fourth-order valence-electron chi connectivity index (χ4n) is 2.39. The highest BCUT2D eigenvalue weighted by atomic mass is 32.2. The molecule has 0 aromatic heterocycles. The molecule has 0 aliphatic rings. The average Bonchev–Trinajstić information content (AvgIpc) is 2.66. The Labute approximate surface area is 164 Å². The van der Waals surface area contributed by atoms with Gasteiger partial charge in [0.25, 0.3) is 0 Å². The molecule has 0 saturated carbocycles. The predicted molar refractivity (Wildman–Crippen MR) is 105 cm³/mol. The van der Waals surface area contributed by atoms with Gasteiger partial charge in [-0.1, -0.05) is 12.1 Å². The first kappa shape index (κ1) is 21.4. The summed E-state index contributed by atoms with van der Waals surface area (Å²) in [5, 5.41) is 2.56. The molecule has 0 radical (unpaired) electrons. The average molecular weight is 405 g/mol. The number of benzene rings is 2. The first-order valence-corrected chi connectivity index (χ1v) is 9.94. The Hall–Kier alpha value is -2.91. The SMILES string of the molecule is COc1ccc(CN(C)C(=O)CNS(=O)(=O)c2ccc(NC(C)=O)cc2)cc1. The van der Waals surface area contributed by atoms with Gasteiger partial charge < -0.3 is 15.0 Å². The molecule has 2 N–H and O–H groups in total. The maximum Gasteiger partial charge on any atom is 0.241 e. The second-order valence-electron chi connectivity index (χ2n) is 6.13. The van der Waals surface area contributed by atoms with Crippen molar-refractivity contribution in [1.29, 1.82) is 0 Å². The Balaban J connectivity index is 1.93. The molecule has 2 aromatic rings. The van der Waals surface area contributed by atoms with Gasteiger partial charge in [0.1, 0.15) is 5.75 Å². The minimum atomic E-state index is -3.84. The number of likely N-dealkylation sites (N-methyl/N-ethyl adjacent to an activating group) is 1. The number of nitrogens with one attached hydrogen (secondary N) is 2. The Bertz CT molecular complexity index is 925. The van der Waals surface area contributed by atoms with E-state index in [2.05, 4.69) is 10.0 Å². The number of carbonyl (C=O) groups excluding carboxylic acids is 2. The Morgan fingerprint density at radius 2 is 1.64 bits per heavy atom. The molecule has 0 aliphatic carbocycles. The van der Waals surface area contributed by atoms with Gasteiger partial charge in [0.15, 0.2) is 0 Å². The van der Waals surface area contributed by atoms with Gasteiger partial charge in [-0.15, -0.1) is 0 Å². The van der Waals surface area contributed by atoms with E-state index >= 15 is 0 Å². The van der Waals surface area contributed by atoms with Crippen molar-refractivity contribution in [3.63, 3.8) is 0 Å². The highest BCUT2D eigenvalue weighted by Gasteiger charge is 2.17. The standard InChI is InChI=1S/C19H23N3O5S/c1-14(23)21-16-6-10-18(11-7-16)28(25,26)20-12-19(24)22(2)13-15-4-8-17(27-3)9-5-15/h4-11,20H,12-13H2,1-3H3,(H,21,23). The summed E-state index contributed by atoms with van der Waals surface area (Å²) in [7, 11) is -0.669. The number of sulfonamides is 1. The molecule has 150 valence electrons. The van der Waals surface area contributed by atoms with Crippen LogP contribution in [-0.4, -0.2) is 45.8 Å². The van der Waals surface area contributed by atoms with E-state index in [-0.39, 0.29) is 23.3 Å². The highest BCUT2D eigenvalue weighted by Crippen LogP contribution is 2.14. The van der Waals surface area contributed by atoms with Crippen LogP contribution in [0.15, 0.2) is 53.4 Å². The number of carbonyl (C=O) groups is 2. The maximum atomic E-state index is 12.3. The molecule has 0 saturated heterocycles. The lowest BCUT2D eigenvalue weighted by atomic mass is 10.2. The van der Waals surface area contributed by atoms with E-state index < -0.39 is 10.0 Å². The topological polar surface area (TPSA) is 105 Å². The molecule has 28 heavy (non-hydrogen) atoms. The van der Waals surface area contributed by atoms with Crippen LogP contribution in [0.5, 0.6) is 5.75 Å². The van der Waals surface area contributed by atoms with Crippen LogP contribution in [0, 0.1) is 0 Å². The van der Waals surface area contributed by atoms with Crippen LogP contribution >= 0.6 is 0 Å². The van der Waals surface area contributed by atoms with Crippen LogP contribution in [-0.2, 0) is 26.2 Å². The Morgan fingerprint density at radius 3 is 2.18 bits per heavy atom. The molecule has 0 spiro atoms. The molecule has 2 aromatic carbocycles. The fraction of sp³-hybridized carbons (Fsp3) is 0.263. The fourth-order valence-corrected chi connectivity index (χ4v) is 3.36. The molecule has 2 rings (SSSR count). The summed E-state index contributed by atoms with van der Waals surface area (Å²) in [6.45, 7) is 1.35. The monoisotopic (exact) mass is 405 g/mol. The first-order valence-electron chi connectivity index (χ1n) is 8.45. The molecule has 0 unspecified atom stereocenters. The maximum absolute atomic E-state index is 12.3. The van der Waals surface area contributed by atoms with E-state index in [9.17, 15) is 18.0 Å². The molecule has 2 amide bonds. The highest BCUT2D eigenvalue weighted by molar-refractivity contribution is 7.89. The summed E-state index contributed by atoms with van der Waals surface area (Å²) in [6.07, 6.45) is 0. The zero-order valence-corrected chi connectivity index (χ0v) is 16.7. The number of amides is 2. The van der Waals surface area contributed by atoms with Crippen LogP contribution in [0.2, 0.25) is 0 Å². The number of nitrogens with zero attached hydrogens (tertiary/aromatic N) is 1. The zero-order chi connectivity index (χ0) is 20.7. The third-order valence-corrected chi connectivity index (χ3v) is 5.32. The number of ether oxygens (including phenoxy) is 1. The van der Waals surface area contributed by atoms with Crippen molar-refractivity contribution >= 4 is 27.5 Å². The number of methoxy groups -OCH3 is 1. The third-order valence-electron chi connectivity index (χ3n) is 3.90. The van der Waals surface area contributed by atoms with Crippen molar-refractivity contribution in [2.75, 3.05) is 26.0 Å². The van der Waals surface area contributed by atoms with Gasteiger partial charge in [-0.25, -0.2) is 13.1 Å². The Morgan fingerprint density at radius 1 is 1.04 bits per heavy atom. The van der Waals surface area contributed by atoms with Crippen LogP contribution in [0.3, 0.4) is 0 Å². The number of hydrogen-bond donors (Lipinski definition) is 2. The summed E-state index contributed by atoms with van der Waals surface area (Å²) in [6, 6.07) is 12.9. The molecule has 0 aliphatic heterocycles. The molecule has 0 heterocycles. The van der Waals surface area contributed by atoms with Crippen molar-refractivity contribution in [3.8, 4) is 5.75 Å². The Kier molecular flexibility index (Phi) is 7.13. The molecule has 9 heteroatoms. The summed E-state index contributed by atoms with van der Waals surface area (Å²) in [5.41, 5.74) is 1.38.